The van der Waals surface area contributed by atoms with E-state index in [9.17, 15) is 24.5 Å². The molecule has 0 aliphatic carbocycles. The van der Waals surface area contributed by atoms with Crippen molar-refractivity contribution in [2.45, 2.75) is 12.8 Å². The van der Waals surface area contributed by atoms with Crippen molar-refractivity contribution in [2.24, 2.45) is 7.05 Å². The molecule has 0 atom stereocenters. The van der Waals surface area contributed by atoms with Crippen molar-refractivity contribution in [3.05, 3.63) is 87.1 Å². The average molecular weight is 633 g/mol. The van der Waals surface area contributed by atoms with Crippen LogP contribution in [0.4, 0.5) is 22.7 Å². The fourth-order valence-corrected chi connectivity index (χ4v) is 5.17. The van der Waals surface area contributed by atoms with Crippen LogP contribution in [0, 0.1) is 10.1 Å². The van der Waals surface area contributed by atoms with Crippen molar-refractivity contribution in [1.29, 1.82) is 0 Å². The number of aryl methyl sites for hydroxylation is 1. The zero-order valence-electron chi connectivity index (χ0n) is 24.4. The zero-order chi connectivity index (χ0) is 32.1. The fraction of sp³-hybridized carbons (Fsp3) is 0.233. The van der Waals surface area contributed by atoms with Gasteiger partial charge in [0.25, 0.3) is 17.5 Å². The van der Waals surface area contributed by atoms with Gasteiger partial charge in [0.15, 0.2) is 5.69 Å². The van der Waals surface area contributed by atoms with Gasteiger partial charge in [-0.05, 0) is 48.9 Å². The summed E-state index contributed by atoms with van der Waals surface area (Å²) in [6.45, 7) is 0.962. The predicted molar refractivity (Wildman–Crippen MR) is 168 cm³/mol. The highest BCUT2D eigenvalue weighted by Gasteiger charge is 2.24. The van der Waals surface area contributed by atoms with Crippen molar-refractivity contribution < 1.29 is 24.0 Å². The van der Waals surface area contributed by atoms with Crippen molar-refractivity contribution in [2.75, 3.05) is 42.3 Å². The molecule has 1 fully saturated rings. The summed E-state index contributed by atoms with van der Waals surface area (Å²) in [5, 5.41) is 28.3. The maximum absolute atomic E-state index is 13.1. The normalized spacial score (nSPS) is 12.6. The van der Waals surface area contributed by atoms with Gasteiger partial charge in [-0.3, -0.25) is 24.5 Å². The van der Waals surface area contributed by atoms with Gasteiger partial charge < -0.3 is 25.6 Å². The van der Waals surface area contributed by atoms with E-state index in [1.165, 1.54) is 17.9 Å². The summed E-state index contributed by atoms with van der Waals surface area (Å²) in [4.78, 5) is 50.8. The number of anilines is 3. The highest BCUT2D eigenvalue weighted by atomic mass is 35.5. The van der Waals surface area contributed by atoms with Crippen LogP contribution in [-0.2, 0) is 11.8 Å². The van der Waals surface area contributed by atoms with Gasteiger partial charge in [-0.1, -0.05) is 28.9 Å². The van der Waals surface area contributed by atoms with E-state index in [4.69, 9.17) is 16.3 Å². The topological polar surface area (TPSA) is 174 Å². The number of carbonyl (C=O) groups excluding carboxylic acids is 3. The van der Waals surface area contributed by atoms with Crippen LogP contribution in [0.15, 0.2) is 60.7 Å². The van der Waals surface area contributed by atoms with Gasteiger partial charge in [0.2, 0.25) is 5.91 Å². The van der Waals surface area contributed by atoms with Gasteiger partial charge in [-0.25, -0.2) is 4.68 Å². The van der Waals surface area contributed by atoms with Gasteiger partial charge >= 0.3 is 0 Å². The molecule has 1 aliphatic heterocycles. The van der Waals surface area contributed by atoms with Gasteiger partial charge in [0.05, 0.1) is 22.7 Å². The first-order valence-corrected chi connectivity index (χ1v) is 14.3. The Balaban J connectivity index is 1.25. The van der Waals surface area contributed by atoms with Crippen LogP contribution in [-0.4, -0.2) is 64.4 Å². The number of carbonyl (C=O) groups is 3. The minimum absolute atomic E-state index is 0.0233. The van der Waals surface area contributed by atoms with E-state index >= 15 is 0 Å². The van der Waals surface area contributed by atoms with Crippen LogP contribution < -0.4 is 25.6 Å². The van der Waals surface area contributed by atoms with E-state index in [-0.39, 0.29) is 46.7 Å². The van der Waals surface area contributed by atoms with Crippen LogP contribution in [0.2, 0.25) is 5.02 Å². The van der Waals surface area contributed by atoms with Crippen molar-refractivity contribution in [3.63, 3.8) is 0 Å². The molecule has 0 bridgehead atoms. The standard InChI is InChI=1S/C30H29ClN8O6/c1-37-28(27(35-36-37)20-6-3-4-7-25(20)45-2)30(42)33-14-13-32-22-17-23(24(39(43)44)16-21(22)31)34-29(41)18-9-11-19(12-10-18)38-15-5-8-26(38)40/h3-4,6-7,9-12,16-17,32H,5,8,13-15H2,1-2H3,(H,33,42)(H,34,41). The number of nitro groups is 1. The number of hydrogen-bond donors (Lipinski definition) is 3. The lowest BCUT2D eigenvalue weighted by Crippen LogP contribution is -2.30. The van der Waals surface area contributed by atoms with Crippen molar-refractivity contribution in [1.82, 2.24) is 20.3 Å². The Labute approximate surface area is 262 Å². The summed E-state index contributed by atoms with van der Waals surface area (Å²) in [5.74, 6) is -0.433. The molecule has 14 nitrogen and oxygen atoms in total. The second kappa shape index (κ2) is 13.4. The van der Waals surface area contributed by atoms with Gasteiger partial charge in [-0.15, -0.1) is 5.10 Å². The summed E-state index contributed by atoms with van der Waals surface area (Å²) in [6, 6.07) is 16.1. The van der Waals surface area contributed by atoms with Gasteiger partial charge in [-0.2, -0.15) is 0 Å². The maximum Gasteiger partial charge on any atom is 0.294 e. The fourth-order valence-electron chi connectivity index (χ4n) is 4.95. The molecule has 3 aromatic carbocycles. The molecule has 15 heteroatoms. The zero-order valence-corrected chi connectivity index (χ0v) is 25.1. The lowest BCUT2D eigenvalue weighted by Gasteiger charge is -2.16. The van der Waals surface area contributed by atoms with E-state index < -0.39 is 16.7 Å². The molecule has 0 saturated carbocycles. The number of nitrogens with one attached hydrogen (secondary N) is 3. The molecule has 0 radical (unpaired) electrons. The molecule has 3 amide bonds. The summed E-state index contributed by atoms with van der Waals surface area (Å²) < 4.78 is 6.77. The second-order valence-electron chi connectivity index (χ2n) is 10.0. The molecular weight excluding hydrogens is 604 g/mol. The Bertz CT molecular complexity index is 1770. The number of para-hydroxylation sites is 1. The first kappa shape index (κ1) is 30.9. The minimum atomic E-state index is -0.644. The molecule has 4 aromatic rings. The first-order valence-electron chi connectivity index (χ1n) is 13.9. The molecule has 1 aromatic heterocycles. The van der Waals surface area contributed by atoms with Crippen molar-refractivity contribution in [3.8, 4) is 17.0 Å². The SMILES string of the molecule is COc1ccccc1-c1nnn(C)c1C(=O)NCCNc1cc(NC(=O)c2ccc(N3CCCC3=O)cc2)c([N+](=O)[O-])cc1Cl. The molecule has 2 heterocycles. The van der Waals surface area contributed by atoms with Crippen LogP contribution in [0.25, 0.3) is 11.3 Å². The Kier molecular flexibility index (Phi) is 9.23. The largest absolute Gasteiger partial charge is 0.496 e. The highest BCUT2D eigenvalue weighted by Crippen LogP contribution is 2.35. The van der Waals surface area contributed by atoms with E-state index in [1.807, 2.05) is 0 Å². The third kappa shape index (κ3) is 6.70. The molecule has 232 valence electrons. The van der Waals surface area contributed by atoms with Crippen LogP contribution in [0.5, 0.6) is 5.75 Å². The summed E-state index contributed by atoms with van der Waals surface area (Å²) >= 11 is 6.32. The number of rotatable bonds is 11. The molecule has 0 unspecified atom stereocenters. The molecule has 0 spiro atoms. The molecule has 3 N–H and O–H groups in total. The second-order valence-corrected chi connectivity index (χ2v) is 10.5. The Morgan fingerprint density at radius 1 is 1.07 bits per heavy atom. The molecule has 5 rings (SSSR count). The number of methoxy groups -OCH3 is 1. The number of nitrogens with zero attached hydrogens (tertiary/aromatic N) is 5. The number of nitro benzene ring substituents is 1. The predicted octanol–water partition coefficient (Wildman–Crippen LogP) is 4.27. The minimum Gasteiger partial charge on any atom is -0.496 e. The Morgan fingerprint density at radius 3 is 2.51 bits per heavy atom. The van der Waals surface area contributed by atoms with E-state index in [0.29, 0.717) is 41.3 Å². The molecular formula is C30H29ClN8O6. The maximum atomic E-state index is 13.1. The average Bonchev–Trinajstić information content (AvgIpc) is 3.65. The van der Waals surface area contributed by atoms with Gasteiger partial charge in [0, 0.05) is 56.0 Å². The summed E-state index contributed by atoms with van der Waals surface area (Å²) in [6.07, 6.45) is 1.26. The first-order chi connectivity index (χ1) is 21.7. The summed E-state index contributed by atoms with van der Waals surface area (Å²) in [5.41, 5.74) is 2.00. The smallest absolute Gasteiger partial charge is 0.294 e. The summed E-state index contributed by atoms with van der Waals surface area (Å²) in [7, 11) is 3.13. The molecule has 1 aliphatic rings. The lowest BCUT2D eigenvalue weighted by atomic mass is 10.1. The van der Waals surface area contributed by atoms with Crippen LogP contribution >= 0.6 is 11.6 Å². The molecule has 45 heavy (non-hydrogen) atoms. The Hall–Kier alpha value is -5.50. The molecule has 1 saturated heterocycles. The monoisotopic (exact) mass is 632 g/mol. The number of amides is 3. The number of hydrogen-bond acceptors (Lipinski definition) is 9. The Morgan fingerprint density at radius 2 is 1.82 bits per heavy atom. The van der Waals surface area contributed by atoms with Crippen LogP contribution in [0.1, 0.15) is 33.7 Å². The third-order valence-corrected chi connectivity index (χ3v) is 7.49. The van der Waals surface area contributed by atoms with E-state index in [1.54, 1.807) is 60.5 Å². The highest BCUT2D eigenvalue weighted by molar-refractivity contribution is 6.33. The van der Waals surface area contributed by atoms with Crippen molar-refractivity contribution >= 4 is 52.1 Å². The lowest BCUT2D eigenvalue weighted by molar-refractivity contribution is -0.383. The number of halogens is 1. The number of ether oxygens (including phenoxy) is 1. The number of benzene rings is 3. The van der Waals surface area contributed by atoms with Gasteiger partial charge in [0.1, 0.15) is 17.1 Å². The number of aromatic nitrogens is 3. The van der Waals surface area contributed by atoms with Crippen LogP contribution in [0.3, 0.4) is 0 Å². The third-order valence-electron chi connectivity index (χ3n) is 7.17. The van der Waals surface area contributed by atoms with E-state index in [0.717, 1.165) is 12.5 Å². The van der Waals surface area contributed by atoms with E-state index in [2.05, 4.69) is 26.3 Å². The quantitative estimate of drug-likeness (QED) is 0.124.